The molecule has 0 spiro atoms. The summed E-state index contributed by atoms with van der Waals surface area (Å²) in [6.45, 7) is 3.95. The lowest BCUT2D eigenvalue weighted by Gasteiger charge is -2.34. The molecule has 1 saturated carbocycles. The second kappa shape index (κ2) is 7.07. The van der Waals surface area contributed by atoms with Crippen LogP contribution < -0.4 is 10.2 Å². The minimum absolute atomic E-state index is 0.113. The number of nitrogens with zero attached hydrogens (tertiary/aromatic N) is 2. The number of piperazine rings is 1. The first-order chi connectivity index (χ1) is 11.0. The molecule has 2 atom stereocenters. The zero-order valence-corrected chi connectivity index (χ0v) is 14.2. The van der Waals surface area contributed by atoms with Gasteiger partial charge in [0.1, 0.15) is 0 Å². The molecule has 23 heavy (non-hydrogen) atoms. The van der Waals surface area contributed by atoms with Crippen molar-refractivity contribution in [3.63, 3.8) is 0 Å². The maximum absolute atomic E-state index is 12.2. The van der Waals surface area contributed by atoms with E-state index in [1.54, 1.807) is 6.07 Å². The first kappa shape index (κ1) is 16.6. The molecule has 1 aliphatic heterocycles. The maximum atomic E-state index is 12.2. The molecule has 126 valence electrons. The molecule has 6 heteroatoms. The van der Waals surface area contributed by atoms with Crippen LogP contribution in [0.15, 0.2) is 18.2 Å². The number of amides is 1. The third kappa shape index (κ3) is 3.79. The van der Waals surface area contributed by atoms with Gasteiger partial charge in [-0.15, -0.1) is 0 Å². The Bertz CT molecular complexity index is 573. The molecule has 0 radical (unpaired) electrons. The Morgan fingerprint density at radius 1 is 1.26 bits per heavy atom. The first-order valence-corrected chi connectivity index (χ1v) is 8.64. The lowest BCUT2D eigenvalue weighted by Crippen LogP contribution is -2.44. The Labute approximate surface area is 142 Å². The highest BCUT2D eigenvalue weighted by Gasteiger charge is 2.31. The summed E-state index contributed by atoms with van der Waals surface area (Å²) >= 11 is 6.41. The minimum atomic E-state index is -0.518. The average molecular weight is 338 g/mol. The quantitative estimate of drug-likeness (QED) is 0.887. The van der Waals surface area contributed by atoms with Gasteiger partial charge in [0.2, 0.25) is 5.91 Å². The van der Waals surface area contributed by atoms with Gasteiger partial charge in [-0.25, -0.2) is 0 Å². The number of rotatable bonds is 3. The van der Waals surface area contributed by atoms with Crippen LogP contribution in [-0.2, 0) is 4.79 Å². The maximum Gasteiger partial charge on any atom is 0.230 e. The fourth-order valence-corrected chi connectivity index (χ4v) is 3.67. The number of aliphatic hydroxyl groups is 1. The van der Waals surface area contributed by atoms with E-state index in [1.807, 2.05) is 12.1 Å². The summed E-state index contributed by atoms with van der Waals surface area (Å²) in [6, 6.07) is 5.65. The van der Waals surface area contributed by atoms with E-state index in [4.69, 9.17) is 11.6 Å². The van der Waals surface area contributed by atoms with E-state index in [-0.39, 0.29) is 11.8 Å². The molecule has 2 aliphatic rings. The van der Waals surface area contributed by atoms with E-state index in [0.717, 1.165) is 44.7 Å². The largest absolute Gasteiger partial charge is 0.392 e. The zero-order chi connectivity index (χ0) is 16.4. The Morgan fingerprint density at radius 3 is 2.61 bits per heavy atom. The number of hydrogen-bond acceptors (Lipinski definition) is 4. The predicted octanol–water partition coefficient (Wildman–Crippen LogP) is 2.19. The number of nitrogens with one attached hydrogen (secondary N) is 1. The van der Waals surface area contributed by atoms with E-state index >= 15 is 0 Å². The molecule has 1 saturated heterocycles. The summed E-state index contributed by atoms with van der Waals surface area (Å²) in [5, 5.41) is 13.4. The fourth-order valence-electron chi connectivity index (χ4n) is 3.37. The molecule has 1 aromatic rings. The van der Waals surface area contributed by atoms with Crippen LogP contribution >= 0.6 is 11.6 Å². The van der Waals surface area contributed by atoms with Gasteiger partial charge in [-0.3, -0.25) is 4.79 Å². The standard InChI is InChI=1S/C17H24ClN3O2/c1-20-7-9-21(10-8-20)15-6-5-12(11-14(15)18)19-17(23)13-3-2-4-16(13)22/h5-6,11,13,16,22H,2-4,7-10H2,1H3,(H,19,23). The highest BCUT2D eigenvalue weighted by atomic mass is 35.5. The van der Waals surface area contributed by atoms with E-state index in [9.17, 15) is 9.90 Å². The Balaban J connectivity index is 1.66. The molecule has 1 amide bonds. The van der Waals surface area contributed by atoms with Gasteiger partial charge in [-0.05, 0) is 44.5 Å². The minimum Gasteiger partial charge on any atom is -0.392 e. The third-order valence-corrected chi connectivity index (χ3v) is 5.18. The second-order valence-electron chi connectivity index (χ2n) is 6.55. The van der Waals surface area contributed by atoms with Crippen LogP contribution in [0.25, 0.3) is 0 Å². The summed E-state index contributed by atoms with van der Waals surface area (Å²) in [4.78, 5) is 16.8. The van der Waals surface area contributed by atoms with Crippen molar-refractivity contribution in [2.75, 3.05) is 43.4 Å². The molecule has 1 aliphatic carbocycles. The van der Waals surface area contributed by atoms with E-state index < -0.39 is 6.10 Å². The van der Waals surface area contributed by atoms with E-state index in [0.29, 0.717) is 17.1 Å². The molecule has 3 rings (SSSR count). The predicted molar refractivity (Wildman–Crippen MR) is 93.1 cm³/mol. The number of carbonyl (C=O) groups excluding carboxylic acids is 1. The van der Waals surface area contributed by atoms with Crippen LogP contribution in [0, 0.1) is 5.92 Å². The molecule has 2 fully saturated rings. The molecule has 2 N–H and O–H groups in total. The van der Waals surface area contributed by atoms with Gasteiger partial charge in [-0.2, -0.15) is 0 Å². The summed E-state index contributed by atoms with van der Waals surface area (Å²) < 4.78 is 0. The van der Waals surface area contributed by atoms with Crippen molar-refractivity contribution in [1.82, 2.24) is 4.90 Å². The number of anilines is 2. The lowest BCUT2D eigenvalue weighted by atomic mass is 10.1. The van der Waals surface area contributed by atoms with Crippen molar-refractivity contribution >= 4 is 28.9 Å². The van der Waals surface area contributed by atoms with Crippen molar-refractivity contribution < 1.29 is 9.90 Å². The molecule has 2 unspecified atom stereocenters. The van der Waals surface area contributed by atoms with Crippen molar-refractivity contribution in [2.45, 2.75) is 25.4 Å². The Morgan fingerprint density at radius 2 is 2.00 bits per heavy atom. The van der Waals surface area contributed by atoms with Crippen LogP contribution in [0.2, 0.25) is 5.02 Å². The third-order valence-electron chi connectivity index (χ3n) is 4.88. The monoisotopic (exact) mass is 337 g/mol. The lowest BCUT2D eigenvalue weighted by molar-refractivity contribution is -0.122. The number of halogens is 1. The van der Waals surface area contributed by atoms with Gasteiger partial charge in [0.15, 0.2) is 0 Å². The summed E-state index contributed by atoms with van der Waals surface area (Å²) in [7, 11) is 2.12. The average Bonchev–Trinajstić information content (AvgIpc) is 2.95. The molecular weight excluding hydrogens is 314 g/mol. The molecular formula is C17H24ClN3O2. The Hall–Kier alpha value is -1.30. The van der Waals surface area contributed by atoms with Crippen LogP contribution in [0.3, 0.4) is 0 Å². The highest BCUT2D eigenvalue weighted by Crippen LogP contribution is 2.31. The normalized spacial score (nSPS) is 25.6. The van der Waals surface area contributed by atoms with Crippen molar-refractivity contribution in [1.29, 1.82) is 0 Å². The topological polar surface area (TPSA) is 55.8 Å². The molecule has 5 nitrogen and oxygen atoms in total. The molecule has 0 bridgehead atoms. The molecule has 1 heterocycles. The first-order valence-electron chi connectivity index (χ1n) is 8.26. The van der Waals surface area contributed by atoms with Gasteiger partial charge in [0.05, 0.1) is 22.7 Å². The van der Waals surface area contributed by atoms with E-state index in [2.05, 4.69) is 22.2 Å². The smallest absolute Gasteiger partial charge is 0.230 e. The second-order valence-corrected chi connectivity index (χ2v) is 6.96. The van der Waals surface area contributed by atoms with E-state index in [1.165, 1.54) is 0 Å². The number of hydrogen-bond donors (Lipinski definition) is 2. The van der Waals surface area contributed by atoms with Crippen molar-refractivity contribution in [3.8, 4) is 0 Å². The number of benzene rings is 1. The van der Waals surface area contributed by atoms with Gasteiger partial charge in [0, 0.05) is 31.9 Å². The number of carbonyl (C=O) groups is 1. The zero-order valence-electron chi connectivity index (χ0n) is 13.5. The van der Waals surface area contributed by atoms with Gasteiger partial charge < -0.3 is 20.2 Å². The van der Waals surface area contributed by atoms with Crippen molar-refractivity contribution in [3.05, 3.63) is 23.2 Å². The summed E-state index contributed by atoms with van der Waals surface area (Å²) in [5.74, 6) is -0.413. The summed E-state index contributed by atoms with van der Waals surface area (Å²) in [6.07, 6.45) is 1.85. The molecule has 0 aromatic heterocycles. The van der Waals surface area contributed by atoms with Crippen LogP contribution in [-0.4, -0.2) is 55.2 Å². The highest BCUT2D eigenvalue weighted by molar-refractivity contribution is 6.33. The van der Waals surface area contributed by atoms with Crippen LogP contribution in [0.5, 0.6) is 0 Å². The number of likely N-dealkylation sites (N-methyl/N-ethyl adjacent to an activating group) is 1. The van der Waals surface area contributed by atoms with Gasteiger partial charge >= 0.3 is 0 Å². The van der Waals surface area contributed by atoms with Crippen molar-refractivity contribution in [2.24, 2.45) is 5.92 Å². The number of aliphatic hydroxyl groups excluding tert-OH is 1. The molecule has 1 aromatic carbocycles. The van der Waals surface area contributed by atoms with Crippen LogP contribution in [0.1, 0.15) is 19.3 Å². The summed E-state index contributed by atoms with van der Waals surface area (Å²) in [5.41, 5.74) is 1.70. The SMILES string of the molecule is CN1CCN(c2ccc(NC(=O)C3CCCC3O)cc2Cl)CC1. The van der Waals surface area contributed by atoms with Gasteiger partial charge in [0.25, 0.3) is 0 Å². The van der Waals surface area contributed by atoms with Gasteiger partial charge in [-0.1, -0.05) is 11.6 Å². The fraction of sp³-hybridized carbons (Fsp3) is 0.588. The van der Waals surface area contributed by atoms with Crippen LogP contribution in [0.4, 0.5) is 11.4 Å². The Kier molecular flexibility index (Phi) is 5.09.